The molecule has 0 fully saturated rings. The molecule has 0 radical (unpaired) electrons. The van der Waals surface area contributed by atoms with Gasteiger partial charge in [0.05, 0.1) is 0 Å². The zero-order valence-electron chi connectivity index (χ0n) is 19.1. The summed E-state index contributed by atoms with van der Waals surface area (Å²) < 4.78 is 12.0. The predicted molar refractivity (Wildman–Crippen MR) is 125 cm³/mol. The fourth-order valence-electron chi connectivity index (χ4n) is 3.75. The van der Waals surface area contributed by atoms with Gasteiger partial charge in [-0.15, -0.1) is 0 Å². The number of benzene rings is 2. The average molecular weight is 429 g/mol. The van der Waals surface area contributed by atoms with E-state index in [1.54, 1.807) is 20.8 Å². The second-order valence-corrected chi connectivity index (χ2v) is 14.0. The van der Waals surface area contributed by atoms with Crippen LogP contribution in [-0.2, 0) is 14.0 Å². The number of aliphatic hydroxyl groups excluding tert-OH is 1. The second-order valence-electron chi connectivity index (χ2n) is 9.70. The van der Waals surface area contributed by atoms with E-state index in [0.717, 1.165) is 0 Å². The molecule has 0 unspecified atom stereocenters. The van der Waals surface area contributed by atoms with Gasteiger partial charge in [0, 0.05) is 6.61 Å². The van der Waals surface area contributed by atoms with E-state index < -0.39 is 26.0 Å². The van der Waals surface area contributed by atoms with Gasteiger partial charge in [-0.3, -0.25) is 0 Å². The van der Waals surface area contributed by atoms with E-state index in [0.29, 0.717) is 19.4 Å². The lowest BCUT2D eigenvalue weighted by Crippen LogP contribution is -2.66. The summed E-state index contributed by atoms with van der Waals surface area (Å²) >= 11 is 0. The number of rotatable bonds is 8. The van der Waals surface area contributed by atoms with Gasteiger partial charge in [0.15, 0.2) is 6.10 Å². The molecule has 0 aliphatic heterocycles. The molecule has 0 heterocycles. The molecule has 1 N–H and O–H groups in total. The summed E-state index contributed by atoms with van der Waals surface area (Å²) in [7, 11) is -2.58. The van der Waals surface area contributed by atoms with Crippen LogP contribution in [0.5, 0.6) is 0 Å². The van der Waals surface area contributed by atoms with Gasteiger partial charge in [0.1, 0.15) is 5.60 Å². The third-order valence-corrected chi connectivity index (χ3v) is 10.1. The van der Waals surface area contributed by atoms with Gasteiger partial charge in [-0.05, 0) is 49.0 Å². The molecule has 0 aliphatic carbocycles. The van der Waals surface area contributed by atoms with Crippen molar-refractivity contribution < 1.29 is 19.1 Å². The molecule has 0 aromatic heterocycles. The average Bonchev–Trinajstić information content (AvgIpc) is 2.67. The first kappa shape index (κ1) is 24.3. The Bertz CT molecular complexity index is 752. The lowest BCUT2D eigenvalue weighted by molar-refractivity contribution is -0.165. The van der Waals surface area contributed by atoms with E-state index in [9.17, 15) is 9.90 Å². The molecule has 0 aliphatic rings. The molecule has 0 amide bonds. The highest BCUT2D eigenvalue weighted by Crippen LogP contribution is 2.36. The van der Waals surface area contributed by atoms with Crippen molar-refractivity contribution in [3.8, 4) is 0 Å². The van der Waals surface area contributed by atoms with Gasteiger partial charge >= 0.3 is 5.97 Å². The van der Waals surface area contributed by atoms with Gasteiger partial charge in [-0.1, -0.05) is 81.4 Å². The smallest absolute Gasteiger partial charge is 0.335 e. The fraction of sp³-hybridized carbons (Fsp3) is 0.480. The number of ether oxygens (including phenoxy) is 1. The molecule has 2 aromatic rings. The van der Waals surface area contributed by atoms with Crippen LogP contribution in [0.3, 0.4) is 0 Å². The van der Waals surface area contributed by atoms with Crippen LogP contribution in [0.1, 0.15) is 54.4 Å². The molecule has 2 rings (SSSR count). The maximum absolute atomic E-state index is 12.0. The Hall–Kier alpha value is -1.95. The van der Waals surface area contributed by atoms with E-state index in [1.165, 1.54) is 10.4 Å². The standard InChI is InChI=1S/C25H36O4Si/c1-24(2,3)29-23(27)22(26)18-13-19-28-30(25(4,5)6,20-14-9-7-10-15-20)21-16-11-8-12-17-21/h7-12,14-17,22,26H,13,18-19H2,1-6H3/t22-/m0/s1. The van der Waals surface area contributed by atoms with E-state index in [1.807, 2.05) is 12.1 Å². The Labute approximate surface area is 182 Å². The van der Waals surface area contributed by atoms with E-state index in [-0.39, 0.29) is 5.04 Å². The zero-order valence-corrected chi connectivity index (χ0v) is 20.1. The summed E-state index contributed by atoms with van der Waals surface area (Å²) in [6.45, 7) is 12.5. The van der Waals surface area contributed by atoms with Crippen LogP contribution in [0.2, 0.25) is 5.04 Å². The molecule has 164 valence electrons. The number of esters is 1. The minimum atomic E-state index is -2.58. The predicted octanol–water partition coefficient (Wildman–Crippen LogP) is 4.05. The lowest BCUT2D eigenvalue weighted by Gasteiger charge is -2.43. The second kappa shape index (κ2) is 9.90. The van der Waals surface area contributed by atoms with Crippen LogP contribution in [0.25, 0.3) is 0 Å². The summed E-state index contributed by atoms with van der Waals surface area (Å²) in [6, 6.07) is 20.9. The summed E-state index contributed by atoms with van der Waals surface area (Å²) in [5, 5.41) is 12.5. The maximum atomic E-state index is 12.0. The Morgan fingerprint density at radius 3 is 1.77 bits per heavy atom. The van der Waals surface area contributed by atoms with Crippen LogP contribution in [0.15, 0.2) is 60.7 Å². The highest BCUT2D eigenvalue weighted by Gasteiger charge is 2.49. The van der Waals surface area contributed by atoms with E-state index >= 15 is 0 Å². The van der Waals surface area contributed by atoms with Gasteiger partial charge in [-0.25, -0.2) is 4.79 Å². The molecule has 0 spiro atoms. The van der Waals surface area contributed by atoms with Crippen molar-refractivity contribution in [2.24, 2.45) is 0 Å². The van der Waals surface area contributed by atoms with Crippen molar-refractivity contribution >= 4 is 24.7 Å². The first-order valence-electron chi connectivity index (χ1n) is 10.6. The Kier molecular flexibility index (Phi) is 8.03. The molecule has 4 nitrogen and oxygen atoms in total. The van der Waals surface area contributed by atoms with Gasteiger partial charge in [0.2, 0.25) is 0 Å². The molecule has 2 aromatic carbocycles. The summed E-state index contributed by atoms with van der Waals surface area (Å²) in [5.41, 5.74) is -0.608. The highest BCUT2D eigenvalue weighted by molar-refractivity contribution is 6.99. The molecular formula is C25H36O4Si. The van der Waals surface area contributed by atoms with E-state index in [4.69, 9.17) is 9.16 Å². The Morgan fingerprint density at radius 1 is 0.900 bits per heavy atom. The van der Waals surface area contributed by atoms with Crippen LogP contribution in [0, 0.1) is 0 Å². The first-order valence-corrected chi connectivity index (χ1v) is 12.5. The third-order valence-electron chi connectivity index (χ3n) is 5.04. The molecule has 1 atom stereocenters. The SMILES string of the molecule is CC(C)(C)OC(=O)[C@@H](O)CCCO[Si](c1ccccc1)(c1ccccc1)C(C)(C)C. The van der Waals surface area contributed by atoms with Crippen molar-refractivity contribution in [2.45, 2.75) is 71.1 Å². The quantitative estimate of drug-likeness (QED) is 0.392. The zero-order chi connectivity index (χ0) is 22.4. The molecule has 5 heteroatoms. The van der Waals surface area contributed by atoms with Gasteiger partial charge in [0.25, 0.3) is 8.32 Å². The number of aliphatic hydroxyl groups is 1. The minimum Gasteiger partial charge on any atom is -0.458 e. The normalized spacial score (nSPS) is 13.7. The largest absolute Gasteiger partial charge is 0.458 e. The molecule has 30 heavy (non-hydrogen) atoms. The molecule has 0 saturated carbocycles. The number of hydrogen-bond acceptors (Lipinski definition) is 4. The number of carbonyl (C=O) groups is 1. The highest BCUT2D eigenvalue weighted by atomic mass is 28.4. The Morgan fingerprint density at radius 2 is 1.37 bits per heavy atom. The van der Waals surface area contributed by atoms with Gasteiger partial charge in [-0.2, -0.15) is 0 Å². The van der Waals surface area contributed by atoms with Crippen molar-refractivity contribution in [2.75, 3.05) is 6.61 Å². The topological polar surface area (TPSA) is 55.8 Å². The monoisotopic (exact) mass is 428 g/mol. The van der Waals surface area contributed by atoms with Crippen molar-refractivity contribution in [3.63, 3.8) is 0 Å². The van der Waals surface area contributed by atoms with Crippen molar-refractivity contribution in [3.05, 3.63) is 60.7 Å². The maximum Gasteiger partial charge on any atom is 0.335 e. The van der Waals surface area contributed by atoms with E-state index in [2.05, 4.69) is 69.3 Å². The summed E-state index contributed by atoms with van der Waals surface area (Å²) in [4.78, 5) is 12.0. The number of carbonyl (C=O) groups excluding carboxylic acids is 1. The van der Waals surface area contributed by atoms with Crippen LogP contribution in [-0.4, -0.2) is 37.7 Å². The van der Waals surface area contributed by atoms with Gasteiger partial charge < -0.3 is 14.3 Å². The first-order chi connectivity index (χ1) is 14.0. The van der Waals surface area contributed by atoms with Crippen molar-refractivity contribution in [1.82, 2.24) is 0 Å². The van der Waals surface area contributed by atoms with Crippen LogP contribution < -0.4 is 10.4 Å². The third kappa shape index (κ3) is 6.03. The Balaban J connectivity index is 2.20. The molecule has 0 saturated heterocycles. The summed E-state index contributed by atoms with van der Waals surface area (Å²) in [6.07, 6.45) is -0.246. The lowest BCUT2D eigenvalue weighted by atomic mass is 10.1. The number of hydrogen-bond donors (Lipinski definition) is 1. The summed E-state index contributed by atoms with van der Waals surface area (Å²) in [5.74, 6) is -0.576. The molecular weight excluding hydrogens is 392 g/mol. The van der Waals surface area contributed by atoms with Crippen LogP contribution in [0.4, 0.5) is 0 Å². The molecule has 0 bridgehead atoms. The minimum absolute atomic E-state index is 0.0977. The van der Waals surface area contributed by atoms with Crippen molar-refractivity contribution in [1.29, 1.82) is 0 Å². The van der Waals surface area contributed by atoms with Crippen LogP contribution >= 0.6 is 0 Å². The fourth-order valence-corrected chi connectivity index (χ4v) is 8.36.